The van der Waals surface area contributed by atoms with E-state index < -0.39 is 0 Å². The molecule has 0 bridgehead atoms. The third-order valence-corrected chi connectivity index (χ3v) is 3.54. The van der Waals surface area contributed by atoms with E-state index in [-0.39, 0.29) is 6.04 Å². The zero-order valence-corrected chi connectivity index (χ0v) is 11.2. The molecule has 0 aliphatic carbocycles. The summed E-state index contributed by atoms with van der Waals surface area (Å²) in [5.41, 5.74) is 11.5. The lowest BCUT2D eigenvalue weighted by molar-refractivity contribution is 0.651. The maximum Gasteiger partial charge on any atom is 0.0298 e. The van der Waals surface area contributed by atoms with Gasteiger partial charge in [0.2, 0.25) is 0 Å². The van der Waals surface area contributed by atoms with Gasteiger partial charge in [0.05, 0.1) is 0 Å². The molecule has 0 spiro atoms. The van der Waals surface area contributed by atoms with Crippen LogP contribution in [0, 0.1) is 13.8 Å². The van der Waals surface area contributed by atoms with Crippen molar-refractivity contribution in [2.45, 2.75) is 32.7 Å². The lowest BCUT2D eigenvalue weighted by atomic mass is 9.98. The zero-order valence-electron chi connectivity index (χ0n) is 11.2. The molecule has 1 unspecified atom stereocenters. The summed E-state index contributed by atoms with van der Waals surface area (Å²) < 4.78 is 0. The van der Waals surface area contributed by atoms with Crippen molar-refractivity contribution in [1.82, 2.24) is 0 Å². The van der Waals surface area contributed by atoms with Gasteiger partial charge in [-0.25, -0.2) is 0 Å². The minimum Gasteiger partial charge on any atom is -0.324 e. The first-order chi connectivity index (χ1) is 8.66. The van der Waals surface area contributed by atoms with Gasteiger partial charge in [-0.1, -0.05) is 48.5 Å². The molecule has 1 heteroatoms. The van der Waals surface area contributed by atoms with Gasteiger partial charge in [-0.2, -0.15) is 0 Å². The van der Waals surface area contributed by atoms with Crippen LogP contribution in [0.4, 0.5) is 0 Å². The highest BCUT2D eigenvalue weighted by Gasteiger charge is 2.05. The molecule has 0 fully saturated rings. The molecule has 0 aliphatic heterocycles. The summed E-state index contributed by atoms with van der Waals surface area (Å²) in [6, 6.07) is 17.1. The molecule has 1 atom stereocenters. The predicted molar refractivity (Wildman–Crippen MR) is 77.6 cm³/mol. The largest absolute Gasteiger partial charge is 0.324 e. The van der Waals surface area contributed by atoms with Crippen LogP contribution in [0.2, 0.25) is 0 Å². The first kappa shape index (κ1) is 12.8. The SMILES string of the molecule is Cc1ccc(CCC(N)c2ccccc2)cc1C. The van der Waals surface area contributed by atoms with E-state index >= 15 is 0 Å². The smallest absolute Gasteiger partial charge is 0.0298 e. The Kier molecular flexibility index (Phi) is 4.16. The minimum absolute atomic E-state index is 0.132. The molecule has 0 aromatic heterocycles. The van der Waals surface area contributed by atoms with Crippen molar-refractivity contribution < 1.29 is 0 Å². The Labute approximate surface area is 110 Å². The molecule has 0 radical (unpaired) electrons. The average Bonchev–Trinajstić information content (AvgIpc) is 2.41. The molecule has 2 N–H and O–H groups in total. The molecule has 94 valence electrons. The van der Waals surface area contributed by atoms with Gasteiger partial charge in [0, 0.05) is 6.04 Å². The van der Waals surface area contributed by atoms with Crippen molar-refractivity contribution in [2.24, 2.45) is 5.73 Å². The first-order valence-corrected chi connectivity index (χ1v) is 6.53. The van der Waals surface area contributed by atoms with Gasteiger partial charge in [0.1, 0.15) is 0 Å². The number of benzene rings is 2. The van der Waals surface area contributed by atoms with Crippen molar-refractivity contribution in [3.63, 3.8) is 0 Å². The van der Waals surface area contributed by atoms with Crippen molar-refractivity contribution in [3.8, 4) is 0 Å². The number of rotatable bonds is 4. The minimum atomic E-state index is 0.132. The second-order valence-corrected chi connectivity index (χ2v) is 4.97. The molecule has 18 heavy (non-hydrogen) atoms. The fraction of sp³-hybridized carbons (Fsp3) is 0.294. The summed E-state index contributed by atoms with van der Waals surface area (Å²) in [7, 11) is 0. The molecular formula is C17H21N. The van der Waals surface area contributed by atoms with E-state index in [1.165, 1.54) is 22.3 Å². The first-order valence-electron chi connectivity index (χ1n) is 6.53. The second kappa shape index (κ2) is 5.83. The van der Waals surface area contributed by atoms with E-state index in [0.717, 1.165) is 12.8 Å². The third-order valence-electron chi connectivity index (χ3n) is 3.54. The van der Waals surface area contributed by atoms with E-state index in [9.17, 15) is 0 Å². The van der Waals surface area contributed by atoms with E-state index in [2.05, 4.69) is 44.2 Å². The summed E-state index contributed by atoms with van der Waals surface area (Å²) in [6.07, 6.45) is 2.03. The van der Waals surface area contributed by atoms with Crippen LogP contribution in [0.15, 0.2) is 48.5 Å². The van der Waals surface area contributed by atoms with Crippen LogP contribution in [0.25, 0.3) is 0 Å². The fourth-order valence-electron chi connectivity index (χ4n) is 2.15. The fourth-order valence-corrected chi connectivity index (χ4v) is 2.15. The maximum absolute atomic E-state index is 6.21. The lowest BCUT2D eigenvalue weighted by Crippen LogP contribution is -2.11. The van der Waals surface area contributed by atoms with Crippen molar-refractivity contribution in [3.05, 3.63) is 70.8 Å². The molecular weight excluding hydrogens is 218 g/mol. The highest BCUT2D eigenvalue weighted by atomic mass is 14.6. The average molecular weight is 239 g/mol. The zero-order chi connectivity index (χ0) is 13.0. The van der Waals surface area contributed by atoms with Gasteiger partial charge in [0.25, 0.3) is 0 Å². The monoisotopic (exact) mass is 239 g/mol. The Balaban J connectivity index is 1.97. The summed E-state index contributed by atoms with van der Waals surface area (Å²) in [5, 5.41) is 0. The number of aryl methyl sites for hydroxylation is 3. The predicted octanol–water partition coefficient (Wildman–Crippen LogP) is 3.94. The van der Waals surface area contributed by atoms with Gasteiger partial charge in [0.15, 0.2) is 0 Å². The molecule has 0 aliphatic rings. The number of nitrogens with two attached hydrogens (primary N) is 1. The van der Waals surface area contributed by atoms with Crippen LogP contribution in [-0.2, 0) is 6.42 Å². The highest BCUT2D eigenvalue weighted by Crippen LogP contribution is 2.18. The molecule has 2 rings (SSSR count). The molecule has 1 nitrogen and oxygen atoms in total. The van der Waals surface area contributed by atoms with Crippen molar-refractivity contribution in [2.75, 3.05) is 0 Å². The molecule has 2 aromatic rings. The van der Waals surface area contributed by atoms with E-state index in [1.807, 2.05) is 18.2 Å². The van der Waals surface area contributed by atoms with Gasteiger partial charge in [-0.05, 0) is 48.9 Å². The number of hydrogen-bond acceptors (Lipinski definition) is 1. The van der Waals surface area contributed by atoms with Crippen molar-refractivity contribution >= 4 is 0 Å². The van der Waals surface area contributed by atoms with Gasteiger partial charge < -0.3 is 5.73 Å². The summed E-state index contributed by atoms with van der Waals surface area (Å²) in [5.74, 6) is 0. The standard InChI is InChI=1S/C17H21N/c1-13-8-9-15(12-14(13)2)10-11-17(18)16-6-4-3-5-7-16/h3-9,12,17H,10-11,18H2,1-2H3. The quantitative estimate of drug-likeness (QED) is 0.859. The Hall–Kier alpha value is -1.60. The van der Waals surface area contributed by atoms with Crippen LogP contribution in [0.3, 0.4) is 0 Å². The highest BCUT2D eigenvalue weighted by molar-refractivity contribution is 5.30. The molecule has 2 aromatic carbocycles. The molecule has 0 amide bonds. The van der Waals surface area contributed by atoms with Crippen LogP contribution in [-0.4, -0.2) is 0 Å². The van der Waals surface area contributed by atoms with E-state index in [1.54, 1.807) is 0 Å². The summed E-state index contributed by atoms with van der Waals surface area (Å²) in [4.78, 5) is 0. The molecule has 0 heterocycles. The third kappa shape index (κ3) is 3.21. The van der Waals surface area contributed by atoms with Crippen molar-refractivity contribution in [1.29, 1.82) is 0 Å². The molecule has 0 saturated carbocycles. The summed E-state index contributed by atoms with van der Waals surface area (Å²) in [6.45, 7) is 4.31. The van der Waals surface area contributed by atoms with E-state index in [0.29, 0.717) is 0 Å². The van der Waals surface area contributed by atoms with E-state index in [4.69, 9.17) is 5.73 Å². The second-order valence-electron chi connectivity index (χ2n) is 4.97. The molecule has 0 saturated heterocycles. The van der Waals surface area contributed by atoms with Gasteiger partial charge >= 0.3 is 0 Å². The Morgan fingerprint density at radius 2 is 1.67 bits per heavy atom. The van der Waals surface area contributed by atoms with Crippen LogP contribution < -0.4 is 5.73 Å². The Morgan fingerprint density at radius 1 is 0.944 bits per heavy atom. The van der Waals surface area contributed by atoms with Gasteiger partial charge in [-0.3, -0.25) is 0 Å². The van der Waals surface area contributed by atoms with Crippen LogP contribution in [0.1, 0.15) is 34.7 Å². The maximum atomic E-state index is 6.21. The number of hydrogen-bond donors (Lipinski definition) is 1. The van der Waals surface area contributed by atoms with Crippen LogP contribution in [0.5, 0.6) is 0 Å². The Morgan fingerprint density at radius 3 is 2.33 bits per heavy atom. The summed E-state index contributed by atoms with van der Waals surface area (Å²) >= 11 is 0. The normalized spacial score (nSPS) is 12.4. The van der Waals surface area contributed by atoms with Crippen LogP contribution >= 0.6 is 0 Å². The van der Waals surface area contributed by atoms with Gasteiger partial charge in [-0.15, -0.1) is 0 Å². The topological polar surface area (TPSA) is 26.0 Å². The Bertz CT molecular complexity index is 502. The lowest BCUT2D eigenvalue weighted by Gasteiger charge is -2.12.